The van der Waals surface area contributed by atoms with Crippen LogP contribution in [0.15, 0.2) is 0 Å². The molecule has 3 heteroatoms. The summed E-state index contributed by atoms with van der Waals surface area (Å²) in [6, 6.07) is 0.107. The maximum atomic E-state index is 12.8. The molecular weight excluding hydrogens is 236 g/mol. The van der Waals surface area contributed by atoms with Crippen LogP contribution in [0.25, 0.3) is 0 Å². The van der Waals surface area contributed by atoms with Crippen LogP contribution in [-0.2, 0) is 4.79 Å². The van der Waals surface area contributed by atoms with Crippen LogP contribution in [0.3, 0.4) is 0 Å². The lowest BCUT2D eigenvalue weighted by Crippen LogP contribution is -2.45. The predicted octanol–water partition coefficient (Wildman–Crippen LogP) is 2.54. The van der Waals surface area contributed by atoms with Gasteiger partial charge in [-0.15, -0.1) is 0 Å². The molecule has 3 rings (SSSR count). The summed E-state index contributed by atoms with van der Waals surface area (Å²) >= 11 is 0. The number of nitrogens with two attached hydrogens (primary N) is 1. The van der Waals surface area contributed by atoms with E-state index in [1.807, 2.05) is 0 Å². The predicted molar refractivity (Wildman–Crippen MR) is 76.6 cm³/mol. The Bertz CT molecular complexity index is 309. The average Bonchev–Trinajstić information content (AvgIpc) is 3.25. The Hall–Kier alpha value is -0.570. The lowest BCUT2D eigenvalue weighted by molar-refractivity contribution is -0.137. The van der Waals surface area contributed by atoms with Gasteiger partial charge in [-0.3, -0.25) is 4.79 Å². The number of hydrogen-bond acceptors (Lipinski definition) is 2. The summed E-state index contributed by atoms with van der Waals surface area (Å²) in [5.41, 5.74) is 6.26. The molecular formula is C16H28N2O. The molecule has 0 aromatic carbocycles. The average molecular weight is 264 g/mol. The zero-order valence-corrected chi connectivity index (χ0v) is 12.0. The molecule has 0 aliphatic heterocycles. The van der Waals surface area contributed by atoms with Crippen molar-refractivity contribution in [3.63, 3.8) is 0 Å². The molecule has 3 nitrogen and oxygen atoms in total. The first-order valence-corrected chi connectivity index (χ1v) is 8.28. The van der Waals surface area contributed by atoms with E-state index in [9.17, 15) is 4.79 Å². The van der Waals surface area contributed by atoms with Gasteiger partial charge in [0.2, 0.25) is 5.91 Å². The Morgan fingerprint density at radius 1 is 0.895 bits per heavy atom. The van der Waals surface area contributed by atoms with E-state index >= 15 is 0 Å². The molecule has 108 valence electrons. The van der Waals surface area contributed by atoms with Gasteiger partial charge in [0.1, 0.15) is 0 Å². The van der Waals surface area contributed by atoms with Gasteiger partial charge < -0.3 is 10.6 Å². The molecule has 3 fully saturated rings. The highest BCUT2D eigenvalue weighted by Crippen LogP contribution is 2.35. The summed E-state index contributed by atoms with van der Waals surface area (Å²) in [6.45, 7) is 2.02. The Morgan fingerprint density at radius 3 is 2.05 bits per heavy atom. The molecule has 0 unspecified atom stereocenters. The van der Waals surface area contributed by atoms with Crippen LogP contribution in [0, 0.1) is 17.8 Å². The molecule has 0 aromatic heterocycles. The van der Waals surface area contributed by atoms with E-state index in [2.05, 4.69) is 4.90 Å². The fourth-order valence-electron chi connectivity index (χ4n) is 3.36. The normalized spacial score (nSPS) is 31.8. The second-order valence-electron chi connectivity index (χ2n) is 7.04. The Balaban J connectivity index is 1.62. The second-order valence-corrected chi connectivity index (χ2v) is 7.04. The maximum absolute atomic E-state index is 12.8. The minimum atomic E-state index is 0.107. The quantitative estimate of drug-likeness (QED) is 0.776. The van der Waals surface area contributed by atoms with Gasteiger partial charge in [0.15, 0.2) is 0 Å². The number of amides is 1. The van der Waals surface area contributed by atoms with Crippen molar-refractivity contribution in [2.45, 2.75) is 63.8 Å². The van der Waals surface area contributed by atoms with Crippen molar-refractivity contribution in [2.75, 3.05) is 13.1 Å². The highest BCUT2D eigenvalue weighted by atomic mass is 16.2. The molecule has 3 aliphatic rings. The van der Waals surface area contributed by atoms with E-state index in [0.29, 0.717) is 5.91 Å². The topological polar surface area (TPSA) is 46.3 Å². The van der Waals surface area contributed by atoms with E-state index in [4.69, 9.17) is 5.73 Å². The second kappa shape index (κ2) is 5.82. The molecule has 0 saturated heterocycles. The highest BCUT2D eigenvalue weighted by molar-refractivity contribution is 5.79. The van der Waals surface area contributed by atoms with Gasteiger partial charge in [-0.05, 0) is 50.4 Å². The first-order valence-electron chi connectivity index (χ1n) is 8.28. The number of carbonyl (C=O) groups excluding carboxylic acids is 1. The van der Waals surface area contributed by atoms with Gasteiger partial charge in [0, 0.05) is 19.1 Å². The Morgan fingerprint density at radius 2 is 1.47 bits per heavy atom. The summed E-state index contributed by atoms with van der Waals surface area (Å²) < 4.78 is 0. The van der Waals surface area contributed by atoms with E-state index < -0.39 is 0 Å². The molecule has 2 N–H and O–H groups in total. The van der Waals surface area contributed by atoms with Gasteiger partial charge in [0.05, 0.1) is 5.92 Å². The minimum Gasteiger partial charge on any atom is -0.342 e. The summed E-state index contributed by atoms with van der Waals surface area (Å²) in [4.78, 5) is 15.0. The fraction of sp³-hybridized carbons (Fsp3) is 0.938. The summed E-state index contributed by atoms with van der Waals surface area (Å²) in [5.74, 6) is 2.09. The Kier molecular flexibility index (Phi) is 4.11. The highest BCUT2D eigenvalue weighted by Gasteiger charge is 2.36. The number of nitrogens with zero attached hydrogens (tertiary/aromatic N) is 1. The van der Waals surface area contributed by atoms with Crippen LogP contribution in [0.1, 0.15) is 57.8 Å². The van der Waals surface area contributed by atoms with Crippen molar-refractivity contribution >= 4 is 5.91 Å². The summed E-state index contributed by atoms with van der Waals surface area (Å²) in [6.07, 6.45) is 11.0. The molecule has 0 spiro atoms. The molecule has 0 radical (unpaired) electrons. The van der Waals surface area contributed by atoms with Crippen molar-refractivity contribution in [1.29, 1.82) is 0 Å². The van der Waals surface area contributed by atoms with Gasteiger partial charge >= 0.3 is 0 Å². The van der Waals surface area contributed by atoms with Crippen molar-refractivity contribution < 1.29 is 4.79 Å². The summed E-state index contributed by atoms with van der Waals surface area (Å²) in [7, 11) is 0. The van der Waals surface area contributed by atoms with Crippen molar-refractivity contribution in [3.05, 3.63) is 0 Å². The third kappa shape index (κ3) is 3.71. The molecule has 3 aliphatic carbocycles. The molecule has 2 atom stereocenters. The van der Waals surface area contributed by atoms with E-state index in [-0.39, 0.29) is 12.0 Å². The van der Waals surface area contributed by atoms with Crippen LogP contribution in [0.2, 0.25) is 0 Å². The van der Waals surface area contributed by atoms with Crippen LogP contribution >= 0.6 is 0 Å². The van der Waals surface area contributed by atoms with Crippen molar-refractivity contribution in [3.8, 4) is 0 Å². The zero-order valence-electron chi connectivity index (χ0n) is 12.0. The van der Waals surface area contributed by atoms with Crippen LogP contribution < -0.4 is 5.73 Å². The van der Waals surface area contributed by atoms with Crippen LogP contribution in [0.5, 0.6) is 0 Å². The van der Waals surface area contributed by atoms with E-state index in [1.54, 1.807) is 0 Å². The Labute approximate surface area is 116 Å². The summed E-state index contributed by atoms with van der Waals surface area (Å²) in [5, 5.41) is 0. The third-order valence-corrected chi connectivity index (χ3v) is 5.05. The van der Waals surface area contributed by atoms with Crippen molar-refractivity contribution in [1.82, 2.24) is 4.90 Å². The molecule has 19 heavy (non-hydrogen) atoms. The van der Waals surface area contributed by atoms with Gasteiger partial charge in [-0.2, -0.15) is 0 Å². The van der Waals surface area contributed by atoms with Crippen LogP contribution in [-0.4, -0.2) is 29.9 Å². The largest absolute Gasteiger partial charge is 0.342 e. The first-order chi connectivity index (χ1) is 9.24. The van der Waals surface area contributed by atoms with Crippen molar-refractivity contribution in [2.24, 2.45) is 23.5 Å². The number of hydrogen-bond donors (Lipinski definition) is 1. The molecule has 0 heterocycles. The van der Waals surface area contributed by atoms with Gasteiger partial charge in [-0.1, -0.05) is 19.3 Å². The zero-order chi connectivity index (χ0) is 13.2. The minimum absolute atomic E-state index is 0.107. The van der Waals surface area contributed by atoms with Gasteiger partial charge in [0.25, 0.3) is 0 Å². The lowest BCUT2D eigenvalue weighted by Gasteiger charge is -2.29. The number of carbonyl (C=O) groups is 1. The number of rotatable bonds is 5. The third-order valence-electron chi connectivity index (χ3n) is 5.05. The van der Waals surface area contributed by atoms with E-state index in [0.717, 1.165) is 37.8 Å². The smallest absolute Gasteiger partial charge is 0.227 e. The van der Waals surface area contributed by atoms with Gasteiger partial charge in [-0.25, -0.2) is 0 Å². The monoisotopic (exact) mass is 264 g/mol. The lowest BCUT2D eigenvalue weighted by atomic mass is 9.93. The maximum Gasteiger partial charge on any atom is 0.227 e. The molecule has 0 aromatic rings. The van der Waals surface area contributed by atoms with Crippen LogP contribution in [0.4, 0.5) is 0 Å². The molecule has 3 saturated carbocycles. The molecule has 0 bridgehead atoms. The first kappa shape index (κ1) is 13.4. The fourth-order valence-corrected chi connectivity index (χ4v) is 3.36. The SMILES string of the molecule is N[C@H]1CCCCC[C@H]1C(=O)N(CC1CC1)CC1CC1. The van der Waals surface area contributed by atoms with E-state index in [1.165, 1.54) is 44.9 Å². The standard InChI is InChI=1S/C16H28N2O/c17-15-5-3-1-2-4-14(15)16(19)18(10-12-6-7-12)11-13-8-9-13/h12-15H,1-11,17H2/t14-,15+/m1/s1. The molecule has 1 amide bonds.